The van der Waals surface area contributed by atoms with Crippen LogP contribution in [0, 0.1) is 0 Å². The maximum absolute atomic E-state index is 9.10. The van der Waals surface area contributed by atoms with Gasteiger partial charge < -0.3 is 15.5 Å². The Bertz CT molecular complexity index is 566. The first kappa shape index (κ1) is 14.6. The predicted molar refractivity (Wildman–Crippen MR) is 69.8 cm³/mol. The molecule has 0 radical (unpaired) electrons. The van der Waals surface area contributed by atoms with E-state index >= 15 is 0 Å². The monoisotopic (exact) mass is 262 g/mol. The number of para-hydroxylation sites is 1. The van der Waals surface area contributed by atoms with Crippen molar-refractivity contribution in [3.8, 4) is 0 Å². The van der Waals surface area contributed by atoms with Crippen LogP contribution in [-0.4, -0.2) is 34.2 Å². The molecule has 6 heteroatoms. The van der Waals surface area contributed by atoms with Crippen molar-refractivity contribution in [2.45, 2.75) is 6.54 Å². The zero-order valence-corrected chi connectivity index (χ0v) is 10.3. The average Bonchev–Trinajstić information content (AvgIpc) is 2.40. The summed E-state index contributed by atoms with van der Waals surface area (Å²) >= 11 is 0. The van der Waals surface area contributed by atoms with Gasteiger partial charge in [0.1, 0.15) is 0 Å². The number of aromatic nitrogens is 1. The molecule has 0 saturated heterocycles. The maximum Gasteiger partial charge on any atom is 0.414 e. The van der Waals surface area contributed by atoms with E-state index in [0.29, 0.717) is 0 Å². The number of hydrogen-bond acceptors (Lipinski definition) is 4. The first-order valence-corrected chi connectivity index (χ1v) is 5.49. The second-order valence-corrected chi connectivity index (χ2v) is 3.63. The van der Waals surface area contributed by atoms with Gasteiger partial charge in [0.15, 0.2) is 0 Å². The van der Waals surface area contributed by atoms with Gasteiger partial charge in [-0.25, -0.2) is 9.59 Å². The first-order chi connectivity index (χ1) is 9.06. The average molecular weight is 262 g/mol. The van der Waals surface area contributed by atoms with Gasteiger partial charge in [-0.1, -0.05) is 24.3 Å². The van der Waals surface area contributed by atoms with Crippen LogP contribution in [0.2, 0.25) is 0 Å². The second kappa shape index (κ2) is 7.07. The topological polar surface area (TPSA) is 99.5 Å². The molecule has 3 N–H and O–H groups in total. The third-order valence-corrected chi connectivity index (χ3v) is 2.27. The van der Waals surface area contributed by atoms with Gasteiger partial charge in [0, 0.05) is 18.1 Å². The fraction of sp³-hybridized carbons (Fsp3) is 0.154. The first-order valence-electron chi connectivity index (χ1n) is 5.49. The third-order valence-electron chi connectivity index (χ3n) is 2.27. The lowest BCUT2D eigenvalue weighted by Crippen LogP contribution is -2.09. The van der Waals surface area contributed by atoms with E-state index in [2.05, 4.69) is 34.6 Å². The fourth-order valence-electron chi connectivity index (χ4n) is 1.50. The molecular formula is C13H14N2O4. The number of fused-ring (bicyclic) bond motifs is 1. The van der Waals surface area contributed by atoms with E-state index in [1.165, 1.54) is 10.9 Å². The molecule has 1 aromatic carbocycles. The molecule has 2 aromatic rings. The molecule has 0 aliphatic heterocycles. The summed E-state index contributed by atoms with van der Waals surface area (Å²) < 4.78 is 0. The summed E-state index contributed by atoms with van der Waals surface area (Å²) in [5, 5.41) is 19.1. The van der Waals surface area contributed by atoms with Crippen LogP contribution in [0.5, 0.6) is 0 Å². The van der Waals surface area contributed by atoms with E-state index in [4.69, 9.17) is 19.8 Å². The van der Waals surface area contributed by atoms with Crippen molar-refractivity contribution in [2.75, 3.05) is 7.05 Å². The molecule has 0 aliphatic carbocycles. The Labute approximate surface area is 109 Å². The van der Waals surface area contributed by atoms with Crippen molar-refractivity contribution in [1.29, 1.82) is 0 Å². The largest absolute Gasteiger partial charge is 0.473 e. The van der Waals surface area contributed by atoms with Crippen LogP contribution < -0.4 is 5.32 Å². The van der Waals surface area contributed by atoms with Gasteiger partial charge in [0.25, 0.3) is 0 Å². The summed E-state index contributed by atoms with van der Waals surface area (Å²) in [6.45, 7) is 0.869. The standard InChI is InChI=1S/C11H12N2.C2H2O4/c1-12-8-10-5-2-4-9-6-3-7-13-11(9)10;3-1(4)2(5)6/h2-7,12H,8H2,1H3;(H,3,4)(H,5,6). The lowest BCUT2D eigenvalue weighted by molar-refractivity contribution is -0.159. The molecule has 0 spiro atoms. The predicted octanol–water partition coefficient (Wildman–Crippen LogP) is 1.11. The molecule has 100 valence electrons. The highest BCUT2D eigenvalue weighted by Crippen LogP contribution is 2.15. The number of carbonyl (C=O) groups is 2. The number of hydrogen-bond donors (Lipinski definition) is 3. The van der Waals surface area contributed by atoms with E-state index < -0.39 is 11.9 Å². The van der Waals surface area contributed by atoms with Crippen LogP contribution in [0.4, 0.5) is 0 Å². The number of aliphatic carboxylic acids is 2. The van der Waals surface area contributed by atoms with Gasteiger partial charge in [-0.3, -0.25) is 4.98 Å². The molecule has 2 rings (SSSR count). The number of nitrogens with one attached hydrogen (secondary N) is 1. The molecule has 1 heterocycles. The van der Waals surface area contributed by atoms with Gasteiger partial charge in [-0.15, -0.1) is 0 Å². The smallest absolute Gasteiger partial charge is 0.414 e. The Kier molecular flexibility index (Phi) is 5.43. The molecule has 1 aromatic heterocycles. The van der Waals surface area contributed by atoms with Crippen molar-refractivity contribution in [2.24, 2.45) is 0 Å². The van der Waals surface area contributed by atoms with Crippen molar-refractivity contribution in [3.63, 3.8) is 0 Å². The summed E-state index contributed by atoms with van der Waals surface area (Å²) in [5.74, 6) is -3.65. The van der Waals surface area contributed by atoms with Crippen molar-refractivity contribution < 1.29 is 19.8 Å². The molecule has 0 unspecified atom stereocenters. The minimum Gasteiger partial charge on any atom is -0.473 e. The summed E-state index contributed by atoms with van der Waals surface area (Å²) in [4.78, 5) is 22.6. The van der Waals surface area contributed by atoms with Gasteiger partial charge >= 0.3 is 11.9 Å². The Morgan fingerprint density at radius 3 is 2.37 bits per heavy atom. The van der Waals surface area contributed by atoms with E-state index in [1.807, 2.05) is 19.3 Å². The minimum absolute atomic E-state index is 0.869. The Balaban J connectivity index is 0.000000258. The van der Waals surface area contributed by atoms with E-state index in [-0.39, 0.29) is 0 Å². The van der Waals surface area contributed by atoms with Crippen molar-refractivity contribution in [1.82, 2.24) is 10.3 Å². The number of pyridine rings is 1. The number of rotatable bonds is 2. The number of carboxylic acids is 2. The zero-order valence-electron chi connectivity index (χ0n) is 10.3. The summed E-state index contributed by atoms with van der Waals surface area (Å²) in [5.41, 5.74) is 2.35. The fourth-order valence-corrected chi connectivity index (χ4v) is 1.50. The Morgan fingerprint density at radius 2 is 1.79 bits per heavy atom. The summed E-state index contributed by atoms with van der Waals surface area (Å²) in [7, 11) is 1.95. The summed E-state index contributed by atoms with van der Waals surface area (Å²) in [6, 6.07) is 10.3. The SMILES string of the molecule is CNCc1cccc2cccnc12.O=C(O)C(=O)O. The van der Waals surface area contributed by atoms with Crippen molar-refractivity contribution >= 4 is 22.8 Å². The zero-order chi connectivity index (χ0) is 14.3. The molecule has 0 aliphatic rings. The normalized spacial score (nSPS) is 9.53. The second-order valence-electron chi connectivity index (χ2n) is 3.63. The summed E-state index contributed by atoms with van der Waals surface area (Å²) in [6.07, 6.45) is 1.83. The van der Waals surface area contributed by atoms with Crippen LogP contribution in [0.3, 0.4) is 0 Å². The molecule has 6 nitrogen and oxygen atoms in total. The van der Waals surface area contributed by atoms with E-state index in [0.717, 1.165) is 12.1 Å². The van der Waals surface area contributed by atoms with Crippen LogP contribution in [-0.2, 0) is 16.1 Å². The Hall–Kier alpha value is -2.47. The number of nitrogens with zero attached hydrogens (tertiary/aromatic N) is 1. The Morgan fingerprint density at radius 1 is 1.16 bits per heavy atom. The highest BCUT2D eigenvalue weighted by molar-refractivity contribution is 6.27. The number of carboxylic acid groups (broad SMARTS) is 2. The number of benzene rings is 1. The third kappa shape index (κ3) is 4.36. The highest BCUT2D eigenvalue weighted by Gasteiger charge is 2.04. The lowest BCUT2D eigenvalue weighted by Gasteiger charge is -2.03. The molecule has 0 saturated carbocycles. The van der Waals surface area contributed by atoms with Crippen LogP contribution in [0.15, 0.2) is 36.5 Å². The molecule has 0 amide bonds. The molecule has 19 heavy (non-hydrogen) atoms. The minimum atomic E-state index is -1.82. The van der Waals surface area contributed by atoms with Crippen LogP contribution in [0.1, 0.15) is 5.56 Å². The maximum atomic E-state index is 9.10. The molecule has 0 bridgehead atoms. The van der Waals surface area contributed by atoms with Gasteiger partial charge in [0.05, 0.1) is 5.52 Å². The van der Waals surface area contributed by atoms with Crippen molar-refractivity contribution in [3.05, 3.63) is 42.1 Å². The van der Waals surface area contributed by atoms with E-state index in [9.17, 15) is 0 Å². The van der Waals surface area contributed by atoms with Gasteiger partial charge in [-0.2, -0.15) is 0 Å². The molecular weight excluding hydrogens is 248 g/mol. The molecule has 0 atom stereocenters. The highest BCUT2D eigenvalue weighted by atomic mass is 16.4. The van der Waals surface area contributed by atoms with Crippen LogP contribution >= 0.6 is 0 Å². The lowest BCUT2D eigenvalue weighted by atomic mass is 10.1. The van der Waals surface area contributed by atoms with Crippen LogP contribution in [0.25, 0.3) is 10.9 Å². The van der Waals surface area contributed by atoms with Gasteiger partial charge in [0.2, 0.25) is 0 Å². The molecule has 0 fully saturated rings. The quantitative estimate of drug-likeness (QED) is 0.701. The van der Waals surface area contributed by atoms with E-state index in [1.54, 1.807) is 0 Å². The van der Waals surface area contributed by atoms with Gasteiger partial charge in [-0.05, 0) is 18.7 Å².